The van der Waals surface area contributed by atoms with Crippen molar-refractivity contribution in [2.24, 2.45) is 0 Å². The Morgan fingerprint density at radius 3 is 1.68 bits per heavy atom. The first-order valence-corrected chi connectivity index (χ1v) is 21.5. The Morgan fingerprint density at radius 1 is 0.383 bits per heavy atom. The summed E-state index contributed by atoms with van der Waals surface area (Å²) in [6.07, 6.45) is 0. The van der Waals surface area contributed by atoms with Crippen LogP contribution in [0.2, 0.25) is 0 Å². The molecule has 0 amide bonds. The Balaban J connectivity index is 0.971. The van der Waals surface area contributed by atoms with Crippen molar-refractivity contribution in [2.75, 3.05) is 4.90 Å². The van der Waals surface area contributed by atoms with Crippen LogP contribution in [0.25, 0.3) is 86.6 Å². The molecule has 3 heteroatoms. The third-order valence-electron chi connectivity index (χ3n) is 12.7. The van der Waals surface area contributed by atoms with Gasteiger partial charge >= 0.3 is 0 Å². The fraction of sp³-hybridized carbons (Fsp3) is 0.0526. The highest BCUT2D eigenvalue weighted by Gasteiger charge is 2.35. The summed E-state index contributed by atoms with van der Waals surface area (Å²) >= 11 is 1.88. The zero-order valence-corrected chi connectivity index (χ0v) is 34.1. The molecular formula is C57H39NOS. The van der Waals surface area contributed by atoms with Gasteiger partial charge in [-0.05, 0) is 87.0 Å². The van der Waals surface area contributed by atoms with Crippen molar-refractivity contribution in [2.45, 2.75) is 19.3 Å². The average molecular weight is 786 g/mol. The molecule has 0 N–H and O–H groups in total. The molecule has 2 aromatic heterocycles. The molecule has 0 radical (unpaired) electrons. The second-order valence-electron chi connectivity index (χ2n) is 16.4. The Hall–Kier alpha value is -7.20. The number of furan rings is 1. The van der Waals surface area contributed by atoms with Gasteiger partial charge in [-0.1, -0.05) is 172 Å². The Kier molecular flexibility index (Phi) is 7.79. The number of hydrogen-bond acceptors (Lipinski definition) is 3. The van der Waals surface area contributed by atoms with Crippen LogP contribution in [0.5, 0.6) is 0 Å². The molecule has 1 aliphatic rings. The molecule has 0 fully saturated rings. The molecule has 9 aromatic carbocycles. The van der Waals surface area contributed by atoms with Gasteiger partial charge in [-0.2, -0.15) is 0 Å². The third-order valence-corrected chi connectivity index (χ3v) is 14.0. The molecule has 0 saturated heterocycles. The molecule has 1 aliphatic carbocycles. The van der Waals surface area contributed by atoms with E-state index in [2.05, 4.69) is 213 Å². The van der Waals surface area contributed by atoms with Crippen molar-refractivity contribution in [1.29, 1.82) is 0 Å². The lowest BCUT2D eigenvalue weighted by Gasteiger charge is -2.27. The van der Waals surface area contributed by atoms with Crippen molar-refractivity contribution < 1.29 is 4.42 Å². The zero-order valence-electron chi connectivity index (χ0n) is 33.3. The predicted molar refractivity (Wildman–Crippen MR) is 255 cm³/mol. The molecule has 0 aliphatic heterocycles. The van der Waals surface area contributed by atoms with Gasteiger partial charge in [0.1, 0.15) is 11.2 Å². The van der Waals surface area contributed by atoms with Gasteiger partial charge in [-0.3, -0.25) is 0 Å². The van der Waals surface area contributed by atoms with Gasteiger partial charge in [-0.25, -0.2) is 0 Å². The summed E-state index contributed by atoms with van der Waals surface area (Å²) in [6, 6.07) is 73.0. The number of nitrogens with zero attached hydrogens (tertiary/aromatic N) is 1. The first kappa shape index (κ1) is 34.8. The topological polar surface area (TPSA) is 16.4 Å². The molecular weight excluding hydrogens is 747 g/mol. The number of rotatable bonds is 6. The fourth-order valence-electron chi connectivity index (χ4n) is 9.74. The second kappa shape index (κ2) is 13.4. The number of benzene rings is 9. The fourth-order valence-corrected chi connectivity index (χ4v) is 11.1. The molecule has 60 heavy (non-hydrogen) atoms. The number of para-hydroxylation sites is 2. The molecule has 2 heterocycles. The molecule has 284 valence electrons. The largest absolute Gasteiger partial charge is 0.455 e. The van der Waals surface area contributed by atoms with E-state index in [0.717, 1.165) is 44.6 Å². The van der Waals surface area contributed by atoms with E-state index < -0.39 is 0 Å². The van der Waals surface area contributed by atoms with Crippen LogP contribution >= 0.6 is 11.3 Å². The van der Waals surface area contributed by atoms with Crippen LogP contribution < -0.4 is 4.90 Å². The Bertz CT molecular complexity index is 3440. The van der Waals surface area contributed by atoms with Crippen molar-refractivity contribution in [3.8, 4) is 44.5 Å². The monoisotopic (exact) mass is 785 g/mol. The van der Waals surface area contributed by atoms with Gasteiger partial charge in [0.15, 0.2) is 0 Å². The van der Waals surface area contributed by atoms with Gasteiger partial charge in [0, 0.05) is 64.5 Å². The SMILES string of the molecule is CC1(C)c2ccccc2-c2cc(N(c3ccc(-c4ccccc4)cc3)c3ccc(-c4cccc5c4sc4c(-c6cccc7c6oc6ccccc67)cccc45)cc3)ccc21. The summed E-state index contributed by atoms with van der Waals surface area (Å²) in [5.41, 5.74) is 17.7. The van der Waals surface area contributed by atoms with Gasteiger partial charge < -0.3 is 9.32 Å². The van der Waals surface area contributed by atoms with E-state index in [0.29, 0.717) is 0 Å². The normalized spacial score (nSPS) is 13.0. The van der Waals surface area contributed by atoms with Crippen LogP contribution in [0.3, 0.4) is 0 Å². The first-order valence-electron chi connectivity index (χ1n) is 20.7. The minimum atomic E-state index is -0.0522. The molecule has 12 rings (SSSR count). The van der Waals surface area contributed by atoms with Crippen LogP contribution in [-0.4, -0.2) is 0 Å². The van der Waals surface area contributed by atoms with Gasteiger partial charge in [-0.15, -0.1) is 11.3 Å². The summed E-state index contributed by atoms with van der Waals surface area (Å²) in [5.74, 6) is 0. The van der Waals surface area contributed by atoms with E-state index in [9.17, 15) is 0 Å². The summed E-state index contributed by atoms with van der Waals surface area (Å²) in [7, 11) is 0. The molecule has 0 unspecified atom stereocenters. The predicted octanol–water partition coefficient (Wildman–Crippen LogP) is 16.7. The number of anilines is 3. The highest BCUT2D eigenvalue weighted by molar-refractivity contribution is 7.26. The molecule has 2 nitrogen and oxygen atoms in total. The lowest BCUT2D eigenvalue weighted by atomic mass is 9.82. The van der Waals surface area contributed by atoms with Crippen molar-refractivity contribution >= 4 is 70.5 Å². The number of thiophene rings is 1. The lowest BCUT2D eigenvalue weighted by Crippen LogP contribution is -2.15. The highest BCUT2D eigenvalue weighted by Crippen LogP contribution is 2.51. The maximum atomic E-state index is 6.52. The van der Waals surface area contributed by atoms with Crippen molar-refractivity contribution in [3.05, 3.63) is 211 Å². The van der Waals surface area contributed by atoms with Crippen LogP contribution in [-0.2, 0) is 5.41 Å². The van der Waals surface area contributed by atoms with E-state index >= 15 is 0 Å². The van der Waals surface area contributed by atoms with Crippen LogP contribution in [0.4, 0.5) is 17.1 Å². The second-order valence-corrected chi connectivity index (χ2v) is 17.5. The first-order chi connectivity index (χ1) is 29.5. The van der Waals surface area contributed by atoms with Gasteiger partial charge in [0.25, 0.3) is 0 Å². The maximum Gasteiger partial charge on any atom is 0.143 e. The molecule has 11 aromatic rings. The van der Waals surface area contributed by atoms with Crippen molar-refractivity contribution in [1.82, 2.24) is 0 Å². The third kappa shape index (κ3) is 5.33. The molecule has 0 atom stereocenters. The minimum Gasteiger partial charge on any atom is -0.455 e. The molecule has 0 saturated carbocycles. The van der Waals surface area contributed by atoms with E-state index in [1.54, 1.807) is 0 Å². The van der Waals surface area contributed by atoms with Crippen LogP contribution in [0, 0.1) is 0 Å². The van der Waals surface area contributed by atoms with E-state index in [-0.39, 0.29) is 5.41 Å². The number of fused-ring (bicyclic) bond motifs is 9. The highest BCUT2D eigenvalue weighted by atomic mass is 32.1. The smallest absolute Gasteiger partial charge is 0.143 e. The summed E-state index contributed by atoms with van der Waals surface area (Å²) < 4.78 is 9.09. The van der Waals surface area contributed by atoms with Crippen molar-refractivity contribution in [3.63, 3.8) is 0 Å². The van der Waals surface area contributed by atoms with Crippen LogP contribution in [0.1, 0.15) is 25.0 Å². The van der Waals surface area contributed by atoms with E-state index in [1.165, 1.54) is 70.2 Å². The average Bonchev–Trinajstić information content (AvgIpc) is 3.95. The quantitative estimate of drug-likeness (QED) is 0.167. The minimum absolute atomic E-state index is 0.0522. The number of hydrogen-bond donors (Lipinski definition) is 0. The lowest BCUT2D eigenvalue weighted by molar-refractivity contribution is 0.660. The van der Waals surface area contributed by atoms with Crippen LogP contribution in [0.15, 0.2) is 205 Å². The van der Waals surface area contributed by atoms with E-state index in [4.69, 9.17) is 4.42 Å². The molecule has 0 spiro atoms. The standard InChI is InChI=1S/C57H39NOS/c1-57(2)51-23-8-6-15-43(51)50-35-41(33-34-52(50)57)58(39-29-25-37(26-30-39)36-13-4-3-5-14-36)40-31-27-38(28-32-40)42-17-10-21-48-49-22-12-20-47(56(49)60-55(42)48)46-19-11-18-45-44-16-7-9-24-53(44)59-54(45)46/h3-35H,1-2H3. The Labute approximate surface area is 353 Å². The summed E-state index contributed by atoms with van der Waals surface area (Å²) in [6.45, 7) is 4.68. The maximum absolute atomic E-state index is 6.52. The van der Waals surface area contributed by atoms with Gasteiger partial charge in [0.2, 0.25) is 0 Å². The summed E-state index contributed by atoms with van der Waals surface area (Å²) in [5, 5.41) is 4.84. The van der Waals surface area contributed by atoms with Gasteiger partial charge in [0.05, 0.1) is 0 Å². The summed E-state index contributed by atoms with van der Waals surface area (Å²) in [4.78, 5) is 2.40. The zero-order chi connectivity index (χ0) is 40.0. The Morgan fingerprint density at radius 2 is 0.917 bits per heavy atom. The van der Waals surface area contributed by atoms with E-state index in [1.807, 2.05) is 17.4 Å². The molecule has 0 bridgehead atoms.